The van der Waals surface area contributed by atoms with E-state index in [4.69, 9.17) is 0 Å². The minimum atomic E-state index is -1.86. The van der Waals surface area contributed by atoms with E-state index in [0.29, 0.717) is 0 Å². The van der Waals surface area contributed by atoms with Crippen LogP contribution in [0, 0.1) is 0 Å². The Bertz CT molecular complexity index is 61.6. The van der Waals surface area contributed by atoms with Crippen molar-refractivity contribution in [3.63, 3.8) is 0 Å². The van der Waals surface area contributed by atoms with Gasteiger partial charge in [0.2, 0.25) is 0 Å². The summed E-state index contributed by atoms with van der Waals surface area (Å²) >= 11 is 0. The molecule has 2 nitrogen and oxygen atoms in total. The Kier molecular flexibility index (Phi) is 10.4. The zero-order valence-electron chi connectivity index (χ0n) is 8.17. The molecular formula is C6H18FeO2Si2. The molecule has 0 saturated carbocycles. The molecule has 11 heavy (non-hydrogen) atoms. The molecule has 0 atom stereocenters. The van der Waals surface area contributed by atoms with Crippen molar-refractivity contribution in [3.05, 3.63) is 0 Å². The standard InChI is InChI=1S/2C3H9OSi.Fe/c2*1-5(2,3)4;/h2*1-3H3;/q2*-1;+2. The molecule has 0 rings (SSSR count). The average molecular weight is 234 g/mol. The van der Waals surface area contributed by atoms with Crippen molar-refractivity contribution in [2.75, 3.05) is 0 Å². The smallest absolute Gasteiger partial charge is 0.859 e. The zero-order valence-corrected chi connectivity index (χ0v) is 11.3. The average Bonchev–Trinajstić information content (AvgIpc) is 1.12. The normalized spacial score (nSPS) is 10.9. The SMILES string of the molecule is C[Si](C)(C)[O-].C[Si](C)(C)[O-].[Fe+2]. The van der Waals surface area contributed by atoms with Crippen molar-refractivity contribution in [2.45, 2.75) is 39.3 Å². The maximum absolute atomic E-state index is 10.2. The van der Waals surface area contributed by atoms with E-state index in [2.05, 4.69) is 0 Å². The number of hydrogen-bond donors (Lipinski definition) is 0. The van der Waals surface area contributed by atoms with Crippen LogP contribution >= 0.6 is 0 Å². The summed E-state index contributed by atoms with van der Waals surface area (Å²) in [7, 11) is -3.72. The first kappa shape index (κ1) is 17.8. The molecule has 0 amide bonds. The van der Waals surface area contributed by atoms with Crippen molar-refractivity contribution >= 4 is 16.6 Å². The molecule has 0 fully saturated rings. The zero-order chi connectivity index (χ0) is 9.00. The quantitative estimate of drug-likeness (QED) is 0.568. The van der Waals surface area contributed by atoms with Crippen LogP contribution < -0.4 is 9.59 Å². The van der Waals surface area contributed by atoms with E-state index in [0.717, 1.165) is 0 Å². The van der Waals surface area contributed by atoms with E-state index in [1.807, 2.05) is 0 Å². The van der Waals surface area contributed by atoms with Crippen LogP contribution in [0.1, 0.15) is 0 Å². The Morgan fingerprint density at radius 3 is 0.636 bits per heavy atom. The first-order chi connectivity index (χ1) is 4.00. The van der Waals surface area contributed by atoms with Gasteiger partial charge in [0.1, 0.15) is 0 Å². The molecule has 0 unspecified atom stereocenters. The van der Waals surface area contributed by atoms with Crippen LogP contribution in [0.2, 0.25) is 39.3 Å². The Labute approximate surface area is 82.8 Å². The third kappa shape index (κ3) is 1120. The molecule has 0 heterocycles. The van der Waals surface area contributed by atoms with Crippen LogP contribution in [0.3, 0.4) is 0 Å². The van der Waals surface area contributed by atoms with Crippen molar-refractivity contribution in [1.82, 2.24) is 0 Å². The van der Waals surface area contributed by atoms with E-state index < -0.39 is 16.6 Å². The first-order valence-electron chi connectivity index (χ1n) is 3.41. The molecule has 70 valence electrons. The second-order valence-corrected chi connectivity index (χ2v) is 12.7. The van der Waals surface area contributed by atoms with Gasteiger partial charge >= 0.3 is 17.1 Å². The van der Waals surface area contributed by atoms with Crippen LogP contribution in [0.15, 0.2) is 0 Å². The predicted octanol–water partition coefficient (Wildman–Crippen LogP) is 0.361. The summed E-state index contributed by atoms with van der Waals surface area (Å²) in [4.78, 5) is 20.5. The number of rotatable bonds is 0. The van der Waals surface area contributed by atoms with E-state index in [1.54, 1.807) is 39.3 Å². The minimum Gasteiger partial charge on any atom is -0.859 e. The first-order valence-corrected chi connectivity index (χ1v) is 10.2. The van der Waals surface area contributed by atoms with Gasteiger partial charge in [-0.05, 0) is 0 Å². The van der Waals surface area contributed by atoms with Gasteiger partial charge in [0.15, 0.2) is 0 Å². The summed E-state index contributed by atoms with van der Waals surface area (Å²) in [5.41, 5.74) is 0. The second kappa shape index (κ2) is 6.40. The van der Waals surface area contributed by atoms with Gasteiger partial charge in [0.25, 0.3) is 0 Å². The van der Waals surface area contributed by atoms with Gasteiger partial charge in [-0.1, -0.05) is 55.9 Å². The monoisotopic (exact) mass is 234 g/mol. The summed E-state index contributed by atoms with van der Waals surface area (Å²) < 4.78 is 0. The summed E-state index contributed by atoms with van der Waals surface area (Å²) in [5.74, 6) is 0. The van der Waals surface area contributed by atoms with Gasteiger partial charge in [-0.2, -0.15) is 0 Å². The maximum atomic E-state index is 10.2. The number of hydrogen-bond acceptors (Lipinski definition) is 2. The molecule has 0 saturated heterocycles. The van der Waals surface area contributed by atoms with Crippen molar-refractivity contribution < 1.29 is 26.7 Å². The van der Waals surface area contributed by atoms with E-state index in [9.17, 15) is 9.59 Å². The minimum absolute atomic E-state index is 0. The molecule has 0 N–H and O–H groups in total. The molecule has 0 aliphatic carbocycles. The van der Waals surface area contributed by atoms with Crippen molar-refractivity contribution in [1.29, 1.82) is 0 Å². The molecule has 0 aromatic carbocycles. The van der Waals surface area contributed by atoms with Crippen LogP contribution in [0.4, 0.5) is 0 Å². The molecule has 0 aliphatic rings. The van der Waals surface area contributed by atoms with E-state index in [1.165, 1.54) is 0 Å². The van der Waals surface area contributed by atoms with Crippen LogP contribution in [0.25, 0.3) is 0 Å². The molecule has 5 heteroatoms. The Morgan fingerprint density at radius 2 is 0.636 bits per heavy atom. The maximum Gasteiger partial charge on any atom is 2.00 e. The molecule has 0 radical (unpaired) electrons. The summed E-state index contributed by atoms with van der Waals surface area (Å²) in [6, 6.07) is 0. The Hall–Kier alpha value is 0.873. The largest absolute Gasteiger partial charge is 2.00 e. The third-order valence-electron chi connectivity index (χ3n) is 0. The topological polar surface area (TPSA) is 46.1 Å². The fraction of sp³-hybridized carbons (Fsp3) is 1.00. The van der Waals surface area contributed by atoms with Crippen molar-refractivity contribution in [2.24, 2.45) is 0 Å². The molecule has 0 aromatic heterocycles. The van der Waals surface area contributed by atoms with E-state index >= 15 is 0 Å². The Morgan fingerprint density at radius 1 is 0.636 bits per heavy atom. The van der Waals surface area contributed by atoms with Crippen LogP contribution in [-0.2, 0) is 17.1 Å². The molecule has 0 bridgehead atoms. The van der Waals surface area contributed by atoms with Gasteiger partial charge in [-0.15, -0.1) is 0 Å². The van der Waals surface area contributed by atoms with Crippen LogP contribution in [-0.4, -0.2) is 16.6 Å². The summed E-state index contributed by atoms with van der Waals surface area (Å²) in [6.45, 7) is 10.6. The molecule has 0 spiro atoms. The summed E-state index contributed by atoms with van der Waals surface area (Å²) in [6.07, 6.45) is 0. The fourth-order valence-corrected chi connectivity index (χ4v) is 0. The molecular weight excluding hydrogens is 216 g/mol. The molecule has 0 aliphatic heterocycles. The van der Waals surface area contributed by atoms with Crippen molar-refractivity contribution in [3.8, 4) is 0 Å². The van der Waals surface area contributed by atoms with Gasteiger partial charge in [-0.25, -0.2) is 0 Å². The van der Waals surface area contributed by atoms with Gasteiger partial charge in [0.05, 0.1) is 0 Å². The van der Waals surface area contributed by atoms with Gasteiger partial charge in [-0.3, -0.25) is 0 Å². The van der Waals surface area contributed by atoms with Gasteiger partial charge in [0, 0.05) is 0 Å². The summed E-state index contributed by atoms with van der Waals surface area (Å²) in [5, 5.41) is 0. The molecule has 0 aromatic rings. The third-order valence-corrected chi connectivity index (χ3v) is 0. The Balaban J connectivity index is -0.000000107. The predicted molar refractivity (Wildman–Crippen MR) is 46.7 cm³/mol. The van der Waals surface area contributed by atoms with Crippen LogP contribution in [0.5, 0.6) is 0 Å². The van der Waals surface area contributed by atoms with E-state index in [-0.39, 0.29) is 17.1 Å². The van der Waals surface area contributed by atoms with Gasteiger partial charge < -0.3 is 9.59 Å². The second-order valence-electron chi connectivity index (χ2n) is 4.22. The fourth-order valence-electron chi connectivity index (χ4n) is 0.